The Hall–Kier alpha value is -2.85. The molecule has 1 amide bonds. The van der Waals surface area contributed by atoms with E-state index in [1.165, 1.54) is 17.4 Å². The van der Waals surface area contributed by atoms with Crippen molar-refractivity contribution >= 4 is 40.3 Å². The summed E-state index contributed by atoms with van der Waals surface area (Å²) in [6, 6.07) is 5.05. The van der Waals surface area contributed by atoms with Crippen molar-refractivity contribution in [2.24, 2.45) is 0 Å². The maximum atomic E-state index is 12.3. The highest BCUT2D eigenvalue weighted by Crippen LogP contribution is 2.22. The lowest BCUT2D eigenvalue weighted by molar-refractivity contribution is 0.0969. The van der Waals surface area contributed by atoms with Gasteiger partial charge in [0.1, 0.15) is 5.69 Å². The zero-order valence-electron chi connectivity index (χ0n) is 16.1. The fraction of sp³-hybridized carbons (Fsp3) is 0.316. The number of amides is 1. The van der Waals surface area contributed by atoms with Crippen molar-refractivity contribution in [3.05, 3.63) is 40.5 Å². The minimum Gasteiger partial charge on any atom is -0.478 e. The van der Waals surface area contributed by atoms with Crippen molar-refractivity contribution < 1.29 is 14.1 Å². The normalized spacial score (nSPS) is 10.6. The van der Waals surface area contributed by atoms with Gasteiger partial charge in [-0.25, -0.2) is 9.97 Å². The van der Waals surface area contributed by atoms with E-state index < -0.39 is 5.91 Å². The first-order valence-electron chi connectivity index (χ1n) is 9.15. The monoisotopic (exact) mass is 431 g/mol. The number of aromatic nitrogens is 3. The Morgan fingerprint density at radius 2 is 2.21 bits per heavy atom. The molecule has 0 atom stereocenters. The van der Waals surface area contributed by atoms with E-state index in [4.69, 9.17) is 21.5 Å². The predicted molar refractivity (Wildman–Crippen MR) is 115 cm³/mol. The summed E-state index contributed by atoms with van der Waals surface area (Å²) >= 11 is 6.67. The Kier molecular flexibility index (Phi) is 7.25. The molecule has 3 aromatic heterocycles. The second kappa shape index (κ2) is 10.1. The summed E-state index contributed by atoms with van der Waals surface area (Å²) in [4.78, 5) is 20.8. The number of pyridine rings is 1. The van der Waals surface area contributed by atoms with E-state index in [0.29, 0.717) is 29.6 Å². The van der Waals surface area contributed by atoms with Gasteiger partial charge < -0.3 is 14.6 Å². The van der Waals surface area contributed by atoms with Gasteiger partial charge in [-0.05, 0) is 31.6 Å². The van der Waals surface area contributed by atoms with E-state index in [0.717, 1.165) is 24.3 Å². The van der Waals surface area contributed by atoms with Crippen LogP contribution in [-0.2, 0) is 0 Å². The second-order valence-corrected chi connectivity index (χ2v) is 7.65. The van der Waals surface area contributed by atoms with Gasteiger partial charge in [0.2, 0.25) is 5.88 Å². The summed E-state index contributed by atoms with van der Waals surface area (Å²) in [5.41, 5.74) is 1.39. The maximum absolute atomic E-state index is 12.3. The Balaban J connectivity index is 1.50. The highest BCUT2D eigenvalue weighted by atomic mass is 32.1. The van der Waals surface area contributed by atoms with Gasteiger partial charge >= 0.3 is 0 Å². The molecule has 0 aliphatic carbocycles. The molecule has 0 aromatic carbocycles. The summed E-state index contributed by atoms with van der Waals surface area (Å²) in [5, 5.41) is 12.1. The lowest BCUT2D eigenvalue weighted by Gasteiger charge is -2.09. The van der Waals surface area contributed by atoms with Crippen LogP contribution in [0.2, 0.25) is 0 Å². The number of nitrogens with zero attached hydrogens (tertiary/aromatic N) is 3. The SMILES string of the molecule is CCCCCOc1ccc(NC(=S)NC(=O)c2cc(-c3csc(C)n3)on2)cn1. The molecule has 0 spiro atoms. The number of hydrogen-bond donors (Lipinski definition) is 2. The number of ether oxygens (including phenoxy) is 1. The quantitative estimate of drug-likeness (QED) is 0.404. The number of nitrogens with one attached hydrogen (secondary N) is 2. The van der Waals surface area contributed by atoms with Crippen molar-refractivity contribution in [1.82, 2.24) is 20.4 Å². The molecule has 0 saturated carbocycles. The number of carbonyl (C=O) groups is 1. The van der Waals surface area contributed by atoms with Crippen LogP contribution >= 0.6 is 23.6 Å². The maximum Gasteiger partial charge on any atom is 0.279 e. The van der Waals surface area contributed by atoms with Gasteiger partial charge in [0.15, 0.2) is 16.6 Å². The van der Waals surface area contributed by atoms with E-state index in [9.17, 15) is 4.79 Å². The van der Waals surface area contributed by atoms with E-state index in [1.807, 2.05) is 12.3 Å². The zero-order valence-corrected chi connectivity index (χ0v) is 17.7. The van der Waals surface area contributed by atoms with Crippen molar-refractivity contribution in [3.8, 4) is 17.3 Å². The van der Waals surface area contributed by atoms with Crippen LogP contribution in [0, 0.1) is 6.92 Å². The molecular weight excluding hydrogens is 410 g/mol. The second-order valence-electron chi connectivity index (χ2n) is 6.18. The first-order chi connectivity index (χ1) is 14.0. The van der Waals surface area contributed by atoms with Crippen LogP contribution in [0.25, 0.3) is 11.5 Å². The number of unbranched alkanes of at least 4 members (excludes halogenated alkanes) is 2. The average molecular weight is 432 g/mol. The van der Waals surface area contributed by atoms with Gasteiger partial charge in [-0.1, -0.05) is 24.9 Å². The molecule has 29 heavy (non-hydrogen) atoms. The molecule has 0 fully saturated rings. The highest BCUT2D eigenvalue weighted by molar-refractivity contribution is 7.80. The zero-order chi connectivity index (χ0) is 20.6. The lowest BCUT2D eigenvalue weighted by Crippen LogP contribution is -2.34. The van der Waals surface area contributed by atoms with E-state index in [-0.39, 0.29) is 10.8 Å². The number of thiazole rings is 1. The molecule has 3 heterocycles. The van der Waals surface area contributed by atoms with Gasteiger partial charge in [-0.2, -0.15) is 0 Å². The lowest BCUT2D eigenvalue weighted by atomic mass is 10.3. The van der Waals surface area contributed by atoms with Crippen molar-refractivity contribution in [1.29, 1.82) is 0 Å². The standard InChI is InChI=1S/C19H21N5O3S2/c1-3-4-5-8-26-17-7-6-13(10-20-17)22-19(28)23-18(25)14-9-16(27-24-14)15-11-29-12(2)21-15/h6-7,9-11H,3-5,8H2,1-2H3,(H2,22,23,25,28). The van der Waals surface area contributed by atoms with Crippen LogP contribution in [-0.4, -0.2) is 32.8 Å². The molecule has 2 N–H and O–H groups in total. The van der Waals surface area contributed by atoms with E-state index >= 15 is 0 Å². The van der Waals surface area contributed by atoms with Crippen LogP contribution in [0.5, 0.6) is 5.88 Å². The smallest absolute Gasteiger partial charge is 0.279 e. The molecule has 0 aliphatic heterocycles. The molecule has 3 aromatic rings. The summed E-state index contributed by atoms with van der Waals surface area (Å²) < 4.78 is 10.8. The van der Waals surface area contributed by atoms with E-state index in [2.05, 4.69) is 32.7 Å². The van der Waals surface area contributed by atoms with E-state index in [1.54, 1.807) is 18.3 Å². The number of carbonyl (C=O) groups excluding carboxylic acids is 1. The minimum absolute atomic E-state index is 0.115. The Labute approximate surface area is 177 Å². The van der Waals surface area contributed by atoms with Crippen LogP contribution in [0.4, 0.5) is 5.69 Å². The van der Waals surface area contributed by atoms with Gasteiger partial charge in [-0.3, -0.25) is 10.1 Å². The minimum atomic E-state index is -0.478. The molecule has 3 rings (SSSR count). The summed E-state index contributed by atoms with van der Waals surface area (Å²) in [6.07, 6.45) is 4.86. The first-order valence-corrected chi connectivity index (χ1v) is 10.4. The molecular formula is C19H21N5O3S2. The highest BCUT2D eigenvalue weighted by Gasteiger charge is 2.16. The third kappa shape index (κ3) is 6.06. The fourth-order valence-electron chi connectivity index (χ4n) is 2.38. The number of aryl methyl sites for hydroxylation is 1. The molecule has 8 nitrogen and oxygen atoms in total. The fourth-order valence-corrected chi connectivity index (χ4v) is 3.19. The third-order valence-corrected chi connectivity index (χ3v) is 4.81. The average Bonchev–Trinajstić information content (AvgIpc) is 3.35. The van der Waals surface area contributed by atoms with Crippen molar-refractivity contribution in [3.63, 3.8) is 0 Å². The van der Waals surface area contributed by atoms with Gasteiger partial charge in [0, 0.05) is 17.5 Å². The molecule has 0 saturated heterocycles. The Morgan fingerprint density at radius 1 is 1.34 bits per heavy atom. The van der Waals surface area contributed by atoms with Crippen molar-refractivity contribution in [2.45, 2.75) is 33.1 Å². The topological polar surface area (TPSA) is 102 Å². The number of hydrogen-bond acceptors (Lipinski definition) is 8. The van der Waals surface area contributed by atoms with Crippen LogP contribution in [0.1, 0.15) is 41.7 Å². The Morgan fingerprint density at radius 3 is 2.90 bits per heavy atom. The molecule has 0 radical (unpaired) electrons. The largest absolute Gasteiger partial charge is 0.478 e. The molecule has 0 bridgehead atoms. The number of rotatable bonds is 8. The van der Waals surface area contributed by atoms with Crippen LogP contribution in [0.15, 0.2) is 34.3 Å². The third-order valence-electron chi connectivity index (χ3n) is 3.83. The summed E-state index contributed by atoms with van der Waals surface area (Å²) in [5.74, 6) is 0.499. The van der Waals surface area contributed by atoms with Crippen LogP contribution in [0.3, 0.4) is 0 Å². The van der Waals surface area contributed by atoms with Crippen molar-refractivity contribution in [2.75, 3.05) is 11.9 Å². The van der Waals surface area contributed by atoms with Crippen LogP contribution < -0.4 is 15.4 Å². The van der Waals surface area contributed by atoms with Gasteiger partial charge in [-0.15, -0.1) is 11.3 Å². The Bertz CT molecular complexity index is 968. The summed E-state index contributed by atoms with van der Waals surface area (Å²) in [7, 11) is 0. The number of thiocarbonyl (C=S) groups is 1. The first kappa shape index (κ1) is 20.9. The summed E-state index contributed by atoms with van der Waals surface area (Å²) in [6.45, 7) is 4.67. The molecule has 152 valence electrons. The molecule has 10 heteroatoms. The molecule has 0 unspecified atom stereocenters. The molecule has 0 aliphatic rings. The van der Waals surface area contributed by atoms with Gasteiger partial charge in [0.05, 0.1) is 23.5 Å². The number of anilines is 1. The predicted octanol–water partition coefficient (Wildman–Crippen LogP) is 4.20. The van der Waals surface area contributed by atoms with Gasteiger partial charge in [0.25, 0.3) is 5.91 Å².